The van der Waals surface area contributed by atoms with Crippen LogP contribution in [0.25, 0.3) is 0 Å². The van der Waals surface area contributed by atoms with E-state index in [4.69, 9.17) is 4.74 Å². The van der Waals surface area contributed by atoms with Crippen molar-refractivity contribution in [3.05, 3.63) is 27.9 Å². The molecule has 0 atom stereocenters. The van der Waals surface area contributed by atoms with Gasteiger partial charge in [0.1, 0.15) is 0 Å². The summed E-state index contributed by atoms with van der Waals surface area (Å²) in [5, 5.41) is 10.8. The molecule has 0 aliphatic rings. The van der Waals surface area contributed by atoms with E-state index in [9.17, 15) is 10.1 Å². The number of ether oxygens (including phenoxy) is 1. The van der Waals surface area contributed by atoms with E-state index in [1.54, 1.807) is 0 Å². The molecule has 0 bridgehead atoms. The van der Waals surface area contributed by atoms with E-state index in [1.165, 1.54) is 19.2 Å². The molecule has 0 unspecified atom stereocenters. The molecule has 0 radical (unpaired) electrons. The van der Waals surface area contributed by atoms with Gasteiger partial charge in [0.15, 0.2) is 5.69 Å². The topological polar surface area (TPSA) is 65.3 Å². The monoisotopic (exact) mass is 234 g/mol. The van der Waals surface area contributed by atoms with Crippen LogP contribution in [0.2, 0.25) is 0 Å². The van der Waals surface area contributed by atoms with Crippen LogP contribution in [0, 0.1) is 22.0 Å². The molecule has 1 heterocycles. The van der Waals surface area contributed by atoms with Gasteiger partial charge in [0, 0.05) is 18.6 Å². The minimum atomic E-state index is -0.490. The minimum Gasteiger partial charge on any atom is -0.481 e. The maximum Gasteiger partial charge on any atom is 0.303 e. The van der Waals surface area contributed by atoms with Crippen molar-refractivity contribution in [2.24, 2.45) is 0 Å². The minimum absolute atomic E-state index is 0.0881. The number of nitrogens with zero attached hydrogens (tertiary/aromatic N) is 2. The zero-order chi connectivity index (χ0) is 12.7. The maximum absolute atomic E-state index is 10.8. The Morgan fingerprint density at radius 1 is 1.53 bits per heavy atom. The molecule has 1 rings (SSSR count). The van der Waals surface area contributed by atoms with Gasteiger partial charge in [-0.2, -0.15) is 4.98 Å². The molecule has 0 amide bonds. The van der Waals surface area contributed by atoms with Crippen LogP contribution in [0.5, 0.6) is 5.88 Å². The number of aromatic nitrogens is 1. The van der Waals surface area contributed by atoms with Gasteiger partial charge in [-0.15, -0.1) is 0 Å². The highest BCUT2D eigenvalue weighted by Crippen LogP contribution is 2.19. The zero-order valence-electron chi connectivity index (χ0n) is 9.90. The van der Waals surface area contributed by atoms with Crippen molar-refractivity contribution in [3.63, 3.8) is 0 Å². The molecule has 0 N–H and O–H groups in total. The highest BCUT2D eigenvalue weighted by Gasteiger charge is 2.14. The van der Waals surface area contributed by atoms with Crippen molar-refractivity contribution in [1.29, 1.82) is 0 Å². The van der Waals surface area contributed by atoms with Crippen molar-refractivity contribution in [2.45, 2.75) is 26.2 Å². The molecule has 17 heavy (non-hydrogen) atoms. The number of hydrogen-bond donors (Lipinski definition) is 0. The first-order valence-corrected chi connectivity index (χ1v) is 5.37. The summed E-state index contributed by atoms with van der Waals surface area (Å²) in [6, 6.07) is 2.81. The van der Waals surface area contributed by atoms with Gasteiger partial charge < -0.3 is 4.74 Å². The molecule has 0 spiro atoms. The molecule has 5 heteroatoms. The Kier molecular flexibility index (Phi) is 4.95. The molecule has 0 saturated carbocycles. The van der Waals surface area contributed by atoms with Gasteiger partial charge in [-0.1, -0.05) is 19.3 Å². The van der Waals surface area contributed by atoms with Gasteiger partial charge in [0.25, 0.3) is 0 Å². The fraction of sp³-hybridized carbons (Fsp3) is 0.417. The number of unbranched alkanes of at least 4 members (excludes halogenated alkanes) is 2. The molecule has 0 aliphatic heterocycles. The number of methoxy groups -OCH3 is 1. The Labute approximate surface area is 100.0 Å². The summed E-state index contributed by atoms with van der Waals surface area (Å²) in [7, 11) is 1.46. The van der Waals surface area contributed by atoms with Crippen molar-refractivity contribution in [3.8, 4) is 17.7 Å². The van der Waals surface area contributed by atoms with E-state index >= 15 is 0 Å². The van der Waals surface area contributed by atoms with Gasteiger partial charge in [0.05, 0.1) is 12.0 Å². The molecule has 1 aromatic rings. The lowest BCUT2D eigenvalue weighted by atomic mass is 10.2. The van der Waals surface area contributed by atoms with Crippen LogP contribution in [0.15, 0.2) is 12.1 Å². The Hall–Kier alpha value is -2.09. The predicted octanol–water partition coefficient (Wildman–Crippen LogP) is 2.54. The summed E-state index contributed by atoms with van der Waals surface area (Å²) >= 11 is 0. The summed E-state index contributed by atoms with van der Waals surface area (Å²) in [5.74, 6) is 5.93. The molecule has 0 fully saturated rings. The first-order chi connectivity index (χ1) is 8.19. The number of pyridine rings is 1. The molecule has 0 saturated heterocycles. The van der Waals surface area contributed by atoms with Crippen LogP contribution in [0.4, 0.5) is 5.69 Å². The van der Waals surface area contributed by atoms with Crippen molar-refractivity contribution in [2.75, 3.05) is 7.11 Å². The van der Waals surface area contributed by atoms with Crippen molar-refractivity contribution < 1.29 is 9.66 Å². The third-order valence-electron chi connectivity index (χ3n) is 2.12. The molecule has 0 aliphatic carbocycles. The average molecular weight is 234 g/mol. The Bertz CT molecular complexity index is 461. The highest BCUT2D eigenvalue weighted by molar-refractivity contribution is 5.47. The average Bonchev–Trinajstić information content (AvgIpc) is 2.34. The van der Waals surface area contributed by atoms with E-state index < -0.39 is 4.92 Å². The second-order valence-corrected chi connectivity index (χ2v) is 3.38. The molecular weight excluding hydrogens is 220 g/mol. The first-order valence-electron chi connectivity index (χ1n) is 5.37. The fourth-order valence-electron chi connectivity index (χ4n) is 1.20. The normalized spacial score (nSPS) is 9.29. The molecule has 1 aromatic heterocycles. The lowest BCUT2D eigenvalue weighted by molar-refractivity contribution is -0.385. The van der Waals surface area contributed by atoms with Gasteiger partial charge in [-0.3, -0.25) is 10.1 Å². The van der Waals surface area contributed by atoms with Crippen LogP contribution in [-0.4, -0.2) is 17.0 Å². The van der Waals surface area contributed by atoms with E-state index in [-0.39, 0.29) is 11.4 Å². The zero-order valence-corrected chi connectivity index (χ0v) is 9.90. The van der Waals surface area contributed by atoms with Crippen LogP contribution in [0.1, 0.15) is 31.9 Å². The number of hydrogen-bond acceptors (Lipinski definition) is 4. The van der Waals surface area contributed by atoms with Gasteiger partial charge in [-0.25, -0.2) is 0 Å². The van der Waals surface area contributed by atoms with Crippen LogP contribution < -0.4 is 4.74 Å². The largest absolute Gasteiger partial charge is 0.481 e. The Morgan fingerprint density at radius 2 is 2.29 bits per heavy atom. The third-order valence-corrected chi connectivity index (χ3v) is 2.12. The number of nitro groups is 1. The second-order valence-electron chi connectivity index (χ2n) is 3.38. The van der Waals surface area contributed by atoms with Crippen LogP contribution >= 0.6 is 0 Å². The lowest BCUT2D eigenvalue weighted by Gasteiger charge is -1.99. The summed E-state index contributed by atoms with van der Waals surface area (Å²) in [5.41, 5.74) is 0.0697. The van der Waals surface area contributed by atoms with Crippen LogP contribution in [-0.2, 0) is 0 Å². The molecule has 5 nitrogen and oxygen atoms in total. The van der Waals surface area contributed by atoms with E-state index in [1.807, 2.05) is 0 Å². The van der Waals surface area contributed by atoms with Crippen molar-refractivity contribution >= 4 is 5.69 Å². The van der Waals surface area contributed by atoms with Gasteiger partial charge in [0.2, 0.25) is 5.88 Å². The van der Waals surface area contributed by atoms with Crippen molar-refractivity contribution in [1.82, 2.24) is 4.98 Å². The summed E-state index contributed by atoms with van der Waals surface area (Å²) in [4.78, 5) is 14.2. The first kappa shape index (κ1) is 13.0. The Balaban J connectivity index is 2.99. The molecule has 0 aromatic carbocycles. The predicted molar refractivity (Wildman–Crippen MR) is 63.8 cm³/mol. The smallest absolute Gasteiger partial charge is 0.303 e. The second kappa shape index (κ2) is 6.48. The van der Waals surface area contributed by atoms with Gasteiger partial charge >= 0.3 is 5.69 Å². The quantitative estimate of drug-likeness (QED) is 0.347. The van der Waals surface area contributed by atoms with Crippen LogP contribution in [0.3, 0.4) is 0 Å². The van der Waals surface area contributed by atoms with E-state index in [2.05, 4.69) is 23.7 Å². The summed E-state index contributed by atoms with van der Waals surface area (Å²) in [6.07, 6.45) is 2.74. The summed E-state index contributed by atoms with van der Waals surface area (Å²) in [6.45, 7) is 2.06. The van der Waals surface area contributed by atoms with E-state index in [0.29, 0.717) is 12.3 Å². The Morgan fingerprint density at radius 3 is 2.88 bits per heavy atom. The maximum atomic E-state index is 10.8. The van der Waals surface area contributed by atoms with Gasteiger partial charge in [-0.05, 0) is 12.3 Å². The molecular formula is C12H14N2O3. The SMILES string of the molecule is CCCCC#Cc1nc(OC)ccc1[N+](=O)[O-]. The highest BCUT2D eigenvalue weighted by atomic mass is 16.6. The third kappa shape index (κ3) is 3.76. The standard InChI is InChI=1S/C12H14N2O3/c1-3-4-5-6-7-10-11(14(15)16)8-9-12(13-10)17-2/h8-9H,3-5H2,1-2H3. The lowest BCUT2D eigenvalue weighted by Crippen LogP contribution is -1.97. The number of rotatable bonds is 4. The summed E-state index contributed by atoms with van der Waals surface area (Å²) < 4.78 is 4.92. The van der Waals surface area contributed by atoms with E-state index in [0.717, 1.165) is 12.8 Å². The fourth-order valence-corrected chi connectivity index (χ4v) is 1.20. The molecule has 90 valence electrons.